The fourth-order valence-electron chi connectivity index (χ4n) is 1.37. The van der Waals surface area contributed by atoms with Crippen molar-refractivity contribution >= 4 is 11.6 Å². The van der Waals surface area contributed by atoms with Crippen molar-refractivity contribution in [2.45, 2.75) is 0 Å². The third kappa shape index (κ3) is 1.81. The molecule has 0 amide bonds. The summed E-state index contributed by atoms with van der Waals surface area (Å²) in [5.74, 6) is 0.0932. The average molecular weight is 216 g/mol. The van der Waals surface area contributed by atoms with Gasteiger partial charge >= 0.3 is 0 Å². The highest BCUT2D eigenvalue weighted by molar-refractivity contribution is 5.70. The first kappa shape index (κ1) is 10.0. The molecule has 0 aliphatic heterocycles. The van der Waals surface area contributed by atoms with Gasteiger partial charge in [-0.1, -0.05) is 12.1 Å². The van der Waals surface area contributed by atoms with Crippen molar-refractivity contribution in [3.8, 4) is 11.3 Å². The lowest BCUT2D eigenvalue weighted by Gasteiger charge is -2.01. The molecule has 0 spiro atoms. The van der Waals surface area contributed by atoms with Crippen LogP contribution in [0.5, 0.6) is 0 Å². The number of nitrogens with two attached hydrogens (primary N) is 1. The highest BCUT2D eigenvalue weighted by atomic mass is 16.6. The molecule has 1 aromatic heterocycles. The number of nitrogens with zero attached hydrogens (tertiary/aromatic N) is 3. The topological polar surface area (TPSA) is 94.9 Å². The van der Waals surface area contributed by atoms with Crippen LogP contribution in [0, 0.1) is 10.1 Å². The van der Waals surface area contributed by atoms with Crippen LogP contribution in [0.2, 0.25) is 0 Å². The van der Waals surface area contributed by atoms with Gasteiger partial charge < -0.3 is 5.73 Å². The van der Waals surface area contributed by atoms with Crippen LogP contribution in [0.1, 0.15) is 0 Å². The zero-order chi connectivity index (χ0) is 11.5. The average Bonchev–Trinajstić information content (AvgIpc) is 2.29. The van der Waals surface area contributed by atoms with Crippen LogP contribution in [0.3, 0.4) is 0 Å². The standard InChI is InChI=1S/C10H8N4O2/c11-10-12-6-5-8(13-10)7-3-1-2-4-9(7)14(15)16/h1-6H,(H2,11,12,13). The molecule has 0 atom stereocenters. The number of aromatic nitrogens is 2. The van der Waals surface area contributed by atoms with E-state index in [0.717, 1.165) is 0 Å². The molecule has 0 aliphatic carbocycles. The van der Waals surface area contributed by atoms with Gasteiger partial charge in [-0.05, 0) is 12.1 Å². The number of rotatable bonds is 2. The summed E-state index contributed by atoms with van der Waals surface area (Å²) in [6.07, 6.45) is 1.47. The van der Waals surface area contributed by atoms with Crippen molar-refractivity contribution in [3.63, 3.8) is 0 Å². The molecule has 0 aliphatic rings. The first-order valence-electron chi connectivity index (χ1n) is 4.51. The number of hydrogen-bond donors (Lipinski definition) is 1. The maximum absolute atomic E-state index is 10.8. The minimum Gasteiger partial charge on any atom is -0.368 e. The maximum atomic E-state index is 10.8. The fourth-order valence-corrected chi connectivity index (χ4v) is 1.37. The van der Waals surface area contributed by atoms with Crippen LogP contribution in [0.25, 0.3) is 11.3 Å². The Hall–Kier alpha value is -2.50. The highest BCUT2D eigenvalue weighted by Crippen LogP contribution is 2.27. The molecule has 2 N–H and O–H groups in total. The molecule has 0 bridgehead atoms. The van der Waals surface area contributed by atoms with Gasteiger partial charge in [-0.25, -0.2) is 9.97 Å². The van der Waals surface area contributed by atoms with Gasteiger partial charge in [0.15, 0.2) is 0 Å². The molecular weight excluding hydrogens is 208 g/mol. The van der Waals surface area contributed by atoms with Crippen molar-refractivity contribution in [1.29, 1.82) is 0 Å². The first-order chi connectivity index (χ1) is 7.68. The normalized spacial score (nSPS) is 10.0. The van der Waals surface area contributed by atoms with Gasteiger partial charge in [-0.15, -0.1) is 0 Å². The van der Waals surface area contributed by atoms with Crippen LogP contribution in [-0.2, 0) is 0 Å². The van der Waals surface area contributed by atoms with Gasteiger partial charge in [-0.2, -0.15) is 0 Å². The van der Waals surface area contributed by atoms with Crippen molar-refractivity contribution in [2.24, 2.45) is 0 Å². The van der Waals surface area contributed by atoms with Gasteiger partial charge in [0.1, 0.15) is 0 Å². The maximum Gasteiger partial charge on any atom is 0.278 e. The largest absolute Gasteiger partial charge is 0.368 e. The van der Waals surface area contributed by atoms with Crippen molar-refractivity contribution < 1.29 is 4.92 Å². The molecule has 6 heteroatoms. The fraction of sp³-hybridized carbons (Fsp3) is 0. The zero-order valence-electron chi connectivity index (χ0n) is 8.20. The van der Waals surface area contributed by atoms with E-state index in [1.807, 2.05) is 0 Å². The van der Waals surface area contributed by atoms with Crippen LogP contribution < -0.4 is 5.73 Å². The molecule has 0 fully saturated rings. The smallest absolute Gasteiger partial charge is 0.278 e. The SMILES string of the molecule is Nc1nccc(-c2ccccc2[N+](=O)[O-])n1. The van der Waals surface area contributed by atoms with Crippen LogP contribution in [-0.4, -0.2) is 14.9 Å². The molecule has 16 heavy (non-hydrogen) atoms. The van der Waals surface area contributed by atoms with Gasteiger partial charge in [0.05, 0.1) is 16.2 Å². The molecule has 0 unspecified atom stereocenters. The summed E-state index contributed by atoms with van der Waals surface area (Å²) in [6.45, 7) is 0. The summed E-state index contributed by atoms with van der Waals surface area (Å²) >= 11 is 0. The monoisotopic (exact) mass is 216 g/mol. The summed E-state index contributed by atoms with van der Waals surface area (Å²) in [5, 5.41) is 10.8. The minimum absolute atomic E-state index is 0.000556. The summed E-state index contributed by atoms with van der Waals surface area (Å²) in [4.78, 5) is 18.0. The van der Waals surface area contributed by atoms with E-state index in [1.54, 1.807) is 24.3 Å². The Morgan fingerprint density at radius 1 is 1.25 bits per heavy atom. The van der Waals surface area contributed by atoms with E-state index in [9.17, 15) is 10.1 Å². The lowest BCUT2D eigenvalue weighted by atomic mass is 10.1. The minimum atomic E-state index is -0.451. The zero-order valence-corrected chi connectivity index (χ0v) is 8.20. The van der Waals surface area contributed by atoms with Gasteiger partial charge in [0, 0.05) is 12.3 Å². The number of nitro groups is 1. The Morgan fingerprint density at radius 2 is 2.00 bits per heavy atom. The van der Waals surface area contributed by atoms with Crippen LogP contribution in [0.4, 0.5) is 11.6 Å². The third-order valence-corrected chi connectivity index (χ3v) is 2.05. The van der Waals surface area contributed by atoms with E-state index in [4.69, 9.17) is 5.73 Å². The molecule has 1 aromatic carbocycles. The van der Waals surface area contributed by atoms with Gasteiger partial charge in [-0.3, -0.25) is 10.1 Å². The quantitative estimate of drug-likeness (QED) is 0.608. The Morgan fingerprint density at radius 3 is 2.69 bits per heavy atom. The highest BCUT2D eigenvalue weighted by Gasteiger charge is 2.14. The van der Waals surface area contributed by atoms with Crippen molar-refractivity contribution in [1.82, 2.24) is 9.97 Å². The second-order valence-corrected chi connectivity index (χ2v) is 3.07. The van der Waals surface area contributed by atoms with E-state index in [-0.39, 0.29) is 11.6 Å². The van der Waals surface area contributed by atoms with E-state index in [1.165, 1.54) is 12.3 Å². The molecule has 2 rings (SSSR count). The van der Waals surface area contributed by atoms with Crippen LogP contribution in [0.15, 0.2) is 36.5 Å². The summed E-state index contributed by atoms with van der Waals surface area (Å²) in [7, 11) is 0. The number of anilines is 1. The molecule has 0 radical (unpaired) electrons. The van der Waals surface area contributed by atoms with E-state index in [0.29, 0.717) is 11.3 Å². The number of hydrogen-bond acceptors (Lipinski definition) is 5. The number of para-hydroxylation sites is 1. The second kappa shape index (κ2) is 3.93. The van der Waals surface area contributed by atoms with Gasteiger partial charge in [0.2, 0.25) is 5.95 Å². The molecule has 80 valence electrons. The third-order valence-electron chi connectivity index (χ3n) is 2.05. The Labute approximate surface area is 90.9 Å². The lowest BCUT2D eigenvalue weighted by Crippen LogP contribution is -1.97. The number of nitro benzene ring substituents is 1. The molecular formula is C10H8N4O2. The summed E-state index contributed by atoms with van der Waals surface area (Å²) < 4.78 is 0. The predicted octanol–water partition coefficient (Wildman–Crippen LogP) is 1.63. The number of nitrogen functional groups attached to an aromatic ring is 1. The Bertz CT molecular complexity index is 542. The molecule has 0 saturated heterocycles. The summed E-state index contributed by atoms with van der Waals surface area (Å²) in [5.41, 5.74) is 6.31. The Balaban J connectivity index is 2.60. The van der Waals surface area contributed by atoms with Crippen molar-refractivity contribution in [3.05, 3.63) is 46.6 Å². The van der Waals surface area contributed by atoms with E-state index < -0.39 is 4.92 Å². The van der Waals surface area contributed by atoms with Gasteiger partial charge in [0.25, 0.3) is 5.69 Å². The van der Waals surface area contributed by atoms with Crippen molar-refractivity contribution in [2.75, 3.05) is 5.73 Å². The Kier molecular flexibility index (Phi) is 2.47. The lowest BCUT2D eigenvalue weighted by molar-refractivity contribution is -0.384. The number of benzene rings is 1. The molecule has 1 heterocycles. The van der Waals surface area contributed by atoms with E-state index >= 15 is 0 Å². The first-order valence-corrected chi connectivity index (χ1v) is 4.51. The predicted molar refractivity (Wildman–Crippen MR) is 58.5 cm³/mol. The molecule has 6 nitrogen and oxygen atoms in total. The second-order valence-electron chi connectivity index (χ2n) is 3.07. The molecule has 2 aromatic rings. The summed E-state index contributed by atoms with van der Waals surface area (Å²) in [6, 6.07) is 7.94. The van der Waals surface area contributed by atoms with Crippen LogP contribution >= 0.6 is 0 Å². The van der Waals surface area contributed by atoms with E-state index in [2.05, 4.69) is 9.97 Å². The molecule has 0 saturated carbocycles.